The first-order chi connectivity index (χ1) is 15.7. The van der Waals surface area contributed by atoms with Crippen LogP contribution in [-0.4, -0.2) is 37.8 Å². The van der Waals surface area contributed by atoms with Gasteiger partial charge in [0.2, 0.25) is 0 Å². The maximum absolute atomic E-state index is 12.5. The Labute approximate surface area is 183 Å². The van der Waals surface area contributed by atoms with Crippen molar-refractivity contribution in [1.82, 2.24) is 24.8 Å². The second kappa shape index (κ2) is 8.27. The number of methoxy groups -OCH3 is 1. The number of benzene rings is 2. The van der Waals surface area contributed by atoms with E-state index in [0.29, 0.717) is 28.5 Å². The zero-order chi connectivity index (χ0) is 21.9. The molecule has 3 heterocycles. The average Bonchev–Trinajstić information content (AvgIpc) is 3.28. The van der Waals surface area contributed by atoms with Crippen LogP contribution in [0.3, 0.4) is 0 Å². The summed E-state index contributed by atoms with van der Waals surface area (Å²) in [6, 6.07) is 22.0. The molecule has 8 heteroatoms. The summed E-state index contributed by atoms with van der Waals surface area (Å²) in [4.78, 5) is 16.6. The van der Waals surface area contributed by atoms with Crippen molar-refractivity contribution < 1.29 is 9.53 Å². The highest BCUT2D eigenvalue weighted by atomic mass is 16.5. The lowest BCUT2D eigenvalue weighted by molar-refractivity contribution is 0.102. The number of nitrogens with zero attached hydrogens (tertiary/aromatic N) is 5. The Morgan fingerprint density at radius 2 is 1.72 bits per heavy atom. The van der Waals surface area contributed by atoms with Crippen molar-refractivity contribution in [3.63, 3.8) is 0 Å². The topological polar surface area (TPSA) is 94.3 Å². The monoisotopic (exact) mass is 422 g/mol. The predicted octanol–water partition coefficient (Wildman–Crippen LogP) is 4.11. The average molecular weight is 422 g/mol. The fourth-order valence-corrected chi connectivity index (χ4v) is 3.32. The van der Waals surface area contributed by atoms with E-state index in [9.17, 15) is 4.79 Å². The summed E-state index contributed by atoms with van der Waals surface area (Å²) in [6.45, 7) is 0. The number of nitrogens with one attached hydrogen (secondary N) is 1. The van der Waals surface area contributed by atoms with Gasteiger partial charge >= 0.3 is 0 Å². The molecule has 2 aromatic carbocycles. The summed E-state index contributed by atoms with van der Waals surface area (Å²) >= 11 is 0. The van der Waals surface area contributed by atoms with E-state index in [1.807, 2.05) is 48.5 Å². The Morgan fingerprint density at radius 1 is 0.906 bits per heavy atom. The van der Waals surface area contributed by atoms with Crippen LogP contribution in [0.15, 0.2) is 85.2 Å². The minimum atomic E-state index is -0.206. The van der Waals surface area contributed by atoms with Crippen molar-refractivity contribution in [2.75, 3.05) is 12.4 Å². The van der Waals surface area contributed by atoms with E-state index in [4.69, 9.17) is 9.84 Å². The summed E-state index contributed by atoms with van der Waals surface area (Å²) in [5.41, 5.74) is 4.41. The van der Waals surface area contributed by atoms with Gasteiger partial charge in [-0.1, -0.05) is 18.2 Å². The van der Waals surface area contributed by atoms with E-state index in [2.05, 4.69) is 20.5 Å². The van der Waals surface area contributed by atoms with Crippen LogP contribution in [0.1, 0.15) is 10.4 Å². The Morgan fingerprint density at radius 3 is 2.50 bits per heavy atom. The molecule has 0 spiro atoms. The fraction of sp³-hybridized carbons (Fsp3) is 0.0417. The molecule has 0 saturated heterocycles. The largest absolute Gasteiger partial charge is 0.497 e. The number of anilines is 1. The molecule has 0 aliphatic rings. The van der Waals surface area contributed by atoms with Crippen molar-refractivity contribution in [2.24, 2.45) is 0 Å². The molecule has 3 aromatic heterocycles. The van der Waals surface area contributed by atoms with Gasteiger partial charge in [0.05, 0.1) is 12.8 Å². The van der Waals surface area contributed by atoms with Crippen LogP contribution in [0, 0.1) is 0 Å². The van der Waals surface area contributed by atoms with Crippen LogP contribution < -0.4 is 10.1 Å². The second-order valence-electron chi connectivity index (χ2n) is 7.01. The Balaban J connectivity index is 1.39. The smallest absolute Gasteiger partial charge is 0.255 e. The number of hydrogen-bond donors (Lipinski definition) is 1. The van der Waals surface area contributed by atoms with E-state index >= 15 is 0 Å². The molecule has 0 radical (unpaired) electrons. The second-order valence-corrected chi connectivity index (χ2v) is 7.01. The standard InChI is InChI=1S/C24H18N6O2/c1-32-20-4-2-3-18(15-20)24(31)26-19-7-5-16(6-8-19)21-9-10-22-27-28-23(30(22)29-21)17-11-13-25-14-12-17/h2-15H,1H3,(H,26,31). The van der Waals surface area contributed by atoms with Gasteiger partial charge in [-0.25, -0.2) is 0 Å². The van der Waals surface area contributed by atoms with Gasteiger partial charge in [-0.2, -0.15) is 9.61 Å². The molecule has 0 aliphatic carbocycles. The summed E-state index contributed by atoms with van der Waals surface area (Å²) in [7, 11) is 1.57. The normalized spacial score (nSPS) is 10.8. The molecule has 5 aromatic rings. The zero-order valence-electron chi connectivity index (χ0n) is 17.1. The Kier molecular flexibility index (Phi) is 5.01. The lowest BCUT2D eigenvalue weighted by atomic mass is 10.1. The molecule has 156 valence electrons. The van der Waals surface area contributed by atoms with E-state index in [0.717, 1.165) is 16.8 Å². The van der Waals surface area contributed by atoms with Gasteiger partial charge in [0, 0.05) is 34.8 Å². The van der Waals surface area contributed by atoms with Crippen molar-refractivity contribution in [1.29, 1.82) is 0 Å². The molecular formula is C24H18N6O2. The fourth-order valence-electron chi connectivity index (χ4n) is 3.32. The number of ether oxygens (including phenoxy) is 1. The number of rotatable bonds is 5. The van der Waals surface area contributed by atoms with Gasteiger partial charge < -0.3 is 10.1 Å². The molecular weight excluding hydrogens is 404 g/mol. The van der Waals surface area contributed by atoms with E-state index in [1.165, 1.54) is 0 Å². The van der Waals surface area contributed by atoms with E-state index in [1.54, 1.807) is 48.3 Å². The summed E-state index contributed by atoms with van der Waals surface area (Å²) in [5, 5.41) is 16.1. The molecule has 0 atom stereocenters. The molecule has 0 fully saturated rings. The number of carbonyl (C=O) groups is 1. The quantitative estimate of drug-likeness (QED) is 0.458. The molecule has 1 amide bonds. The third-order valence-corrected chi connectivity index (χ3v) is 4.97. The number of amides is 1. The van der Waals surface area contributed by atoms with Crippen LogP contribution in [0.25, 0.3) is 28.3 Å². The summed E-state index contributed by atoms with van der Waals surface area (Å²) in [5.74, 6) is 1.07. The molecule has 0 saturated carbocycles. The molecule has 1 N–H and O–H groups in total. The lowest BCUT2D eigenvalue weighted by Gasteiger charge is -2.08. The van der Waals surface area contributed by atoms with Gasteiger partial charge in [0.15, 0.2) is 11.5 Å². The highest BCUT2D eigenvalue weighted by molar-refractivity contribution is 6.04. The molecule has 5 rings (SSSR count). The first kappa shape index (κ1) is 19.4. The van der Waals surface area contributed by atoms with E-state index < -0.39 is 0 Å². The van der Waals surface area contributed by atoms with E-state index in [-0.39, 0.29) is 5.91 Å². The number of aromatic nitrogens is 5. The van der Waals surface area contributed by atoms with Crippen molar-refractivity contribution in [3.05, 3.63) is 90.8 Å². The molecule has 8 nitrogen and oxygen atoms in total. The van der Waals surface area contributed by atoms with Crippen molar-refractivity contribution >= 4 is 17.2 Å². The van der Waals surface area contributed by atoms with Crippen LogP contribution in [0.5, 0.6) is 5.75 Å². The number of pyridine rings is 1. The minimum Gasteiger partial charge on any atom is -0.497 e. The first-order valence-electron chi connectivity index (χ1n) is 9.90. The van der Waals surface area contributed by atoms with Crippen LogP contribution in [-0.2, 0) is 0 Å². The molecule has 0 unspecified atom stereocenters. The first-order valence-corrected chi connectivity index (χ1v) is 9.90. The zero-order valence-corrected chi connectivity index (χ0v) is 17.1. The Bertz CT molecular complexity index is 1400. The highest BCUT2D eigenvalue weighted by Crippen LogP contribution is 2.23. The van der Waals surface area contributed by atoms with Crippen LogP contribution in [0.4, 0.5) is 5.69 Å². The third-order valence-electron chi connectivity index (χ3n) is 4.97. The summed E-state index contributed by atoms with van der Waals surface area (Å²) in [6.07, 6.45) is 3.41. The SMILES string of the molecule is COc1cccc(C(=O)Nc2ccc(-c3ccc4nnc(-c5ccncc5)n4n3)cc2)c1. The van der Waals surface area contributed by atoms with Crippen LogP contribution >= 0.6 is 0 Å². The molecule has 0 bridgehead atoms. The minimum absolute atomic E-state index is 0.206. The van der Waals surface area contributed by atoms with Gasteiger partial charge in [-0.15, -0.1) is 10.2 Å². The maximum Gasteiger partial charge on any atom is 0.255 e. The number of hydrogen-bond acceptors (Lipinski definition) is 6. The van der Waals surface area contributed by atoms with Gasteiger partial charge in [-0.05, 0) is 54.6 Å². The van der Waals surface area contributed by atoms with Gasteiger partial charge in [-0.3, -0.25) is 9.78 Å². The van der Waals surface area contributed by atoms with Gasteiger partial charge in [0.25, 0.3) is 5.91 Å². The molecule has 0 aliphatic heterocycles. The van der Waals surface area contributed by atoms with Gasteiger partial charge in [0.1, 0.15) is 5.75 Å². The van der Waals surface area contributed by atoms with Crippen molar-refractivity contribution in [3.8, 4) is 28.4 Å². The van der Waals surface area contributed by atoms with Crippen molar-refractivity contribution in [2.45, 2.75) is 0 Å². The summed E-state index contributed by atoms with van der Waals surface area (Å²) < 4.78 is 6.89. The predicted molar refractivity (Wildman–Crippen MR) is 120 cm³/mol. The maximum atomic E-state index is 12.5. The number of carbonyl (C=O) groups excluding carboxylic acids is 1. The highest BCUT2D eigenvalue weighted by Gasteiger charge is 2.11. The third kappa shape index (κ3) is 3.77. The molecule has 32 heavy (non-hydrogen) atoms. The lowest BCUT2D eigenvalue weighted by Crippen LogP contribution is -2.11. The Hall–Kier alpha value is -4.59. The number of fused-ring (bicyclic) bond motifs is 1. The van der Waals surface area contributed by atoms with Crippen LogP contribution in [0.2, 0.25) is 0 Å².